The van der Waals surface area contributed by atoms with Gasteiger partial charge in [-0.05, 0) is 37.2 Å². The van der Waals surface area contributed by atoms with Crippen LogP contribution in [0.2, 0.25) is 0 Å². The van der Waals surface area contributed by atoms with E-state index in [-0.39, 0.29) is 94.2 Å². The zero-order valence-electron chi connectivity index (χ0n) is 44.4. The summed E-state index contributed by atoms with van der Waals surface area (Å²) in [5, 5.41) is 75.9. The minimum atomic E-state index is -1.41. The molecule has 4 rings (SSSR count). The molecule has 430 valence electrons. The Kier molecular flexibility index (Phi) is 26.2. The Morgan fingerprint density at radius 3 is 1.27 bits per heavy atom. The number of aliphatic hydroxyl groups excluding tert-OH is 1. The summed E-state index contributed by atoms with van der Waals surface area (Å²) in [6.45, 7) is 5.63. The summed E-state index contributed by atoms with van der Waals surface area (Å²) in [6, 6.07) is 5.37. The topological polar surface area (TPSA) is 366 Å². The first-order valence-corrected chi connectivity index (χ1v) is 25.3. The molecule has 28 nitrogen and oxygen atoms in total. The lowest BCUT2D eigenvalue weighted by atomic mass is 10.2. The predicted octanol–water partition coefficient (Wildman–Crippen LogP) is -3.43. The summed E-state index contributed by atoms with van der Waals surface area (Å²) in [6.07, 6.45) is 4.63. The minimum Gasteiger partial charge on any atom is -0.503 e. The van der Waals surface area contributed by atoms with Gasteiger partial charge in [-0.3, -0.25) is 58.4 Å². The molecule has 4 aromatic rings. The maximum atomic E-state index is 13.1. The van der Waals surface area contributed by atoms with Crippen LogP contribution in [0, 0.1) is 0 Å². The van der Waals surface area contributed by atoms with Crippen LogP contribution in [0.4, 0.5) is 0 Å². The van der Waals surface area contributed by atoms with Gasteiger partial charge in [0, 0.05) is 157 Å². The summed E-state index contributed by atoms with van der Waals surface area (Å²) in [7, 11) is 5.75. The van der Waals surface area contributed by atoms with Crippen LogP contribution in [0.25, 0.3) is 0 Å². The summed E-state index contributed by atoms with van der Waals surface area (Å²) >= 11 is 0. The van der Waals surface area contributed by atoms with Crippen molar-refractivity contribution >= 4 is 23.7 Å². The molecule has 0 aliphatic rings. The van der Waals surface area contributed by atoms with Crippen molar-refractivity contribution < 1.29 is 59.3 Å². The van der Waals surface area contributed by atoms with Crippen molar-refractivity contribution in [3.63, 3.8) is 0 Å². The van der Waals surface area contributed by atoms with Crippen molar-refractivity contribution in [1.29, 1.82) is 0 Å². The Morgan fingerprint density at radius 1 is 0.487 bits per heavy atom. The van der Waals surface area contributed by atoms with E-state index in [1.165, 1.54) is 81.8 Å². The van der Waals surface area contributed by atoms with Gasteiger partial charge in [0.1, 0.15) is 6.23 Å². The molecule has 0 spiro atoms. The Morgan fingerprint density at radius 2 is 0.846 bits per heavy atom. The van der Waals surface area contributed by atoms with Crippen molar-refractivity contribution in [2.24, 2.45) is 28.2 Å². The molecule has 0 saturated heterocycles. The molecular formula is C50H74N12O16. The number of carboxylic acid groups (broad SMARTS) is 1. The van der Waals surface area contributed by atoms with Gasteiger partial charge in [-0.25, -0.2) is 0 Å². The third-order valence-corrected chi connectivity index (χ3v) is 12.5. The number of hydrogen-bond donors (Lipinski definition) is 11. The molecule has 4 heterocycles. The van der Waals surface area contributed by atoms with Crippen molar-refractivity contribution in [1.82, 2.24) is 59.6 Å². The number of amides is 3. The average molecular weight is 1100 g/mol. The van der Waals surface area contributed by atoms with E-state index in [1.54, 1.807) is 0 Å². The SMILES string of the molecule is Cn1ccc(C(=O)NCCN(CCNC(=O)c2ccn(C)c(=O)c2O)CCN(CCNCCCOCCOCCC(=O)O)CCN(CCNC(=O)c2ccn(C)c(=O)c2O)CCNC(O)c2ccn(C)c(=O)c2O)c(O)c1=O. The fourth-order valence-corrected chi connectivity index (χ4v) is 7.70. The molecule has 0 saturated carbocycles. The molecule has 0 aliphatic carbocycles. The molecule has 0 aliphatic heterocycles. The van der Waals surface area contributed by atoms with Crippen LogP contribution in [0.5, 0.6) is 23.0 Å². The van der Waals surface area contributed by atoms with Crippen LogP contribution < -0.4 is 48.8 Å². The van der Waals surface area contributed by atoms with Gasteiger partial charge < -0.3 is 79.6 Å². The number of rotatable bonds is 36. The summed E-state index contributed by atoms with van der Waals surface area (Å²) < 4.78 is 15.4. The number of ether oxygens (including phenoxy) is 2. The zero-order chi connectivity index (χ0) is 57.3. The molecule has 1 unspecified atom stereocenters. The fraction of sp³-hybridized carbons (Fsp3) is 0.520. The Hall–Kier alpha value is -7.44. The number of nitrogens with one attached hydrogen (secondary N) is 5. The van der Waals surface area contributed by atoms with Gasteiger partial charge in [0.2, 0.25) is 0 Å². The molecular weight excluding hydrogens is 1020 g/mol. The van der Waals surface area contributed by atoms with E-state index >= 15 is 0 Å². The molecule has 0 radical (unpaired) electrons. The normalized spacial score (nSPS) is 11.8. The average Bonchev–Trinajstić information content (AvgIpc) is 3.41. The molecule has 28 heteroatoms. The monoisotopic (exact) mass is 1100 g/mol. The van der Waals surface area contributed by atoms with E-state index in [0.29, 0.717) is 65.4 Å². The highest BCUT2D eigenvalue weighted by Gasteiger charge is 2.21. The largest absolute Gasteiger partial charge is 0.503 e. The number of pyridine rings is 4. The quantitative estimate of drug-likeness (QED) is 0.0156. The smallest absolute Gasteiger partial charge is 0.305 e. The number of carboxylic acids is 1. The van der Waals surface area contributed by atoms with Gasteiger partial charge >= 0.3 is 5.97 Å². The standard InChI is InChI=1S/C50H74N12O16/c1-56-17-6-34(39(65)47(56)73)43(69)52-13-22-60(23-14-53-44(70)35-7-18-57(2)48(74)40(35)66)26-28-62(21-12-51-11-5-30-77-32-33-78-31-10-38(63)64)29-27-61(24-15-54-45(71)36-8-19-58(3)49(75)41(36)67)25-16-55-46(72)37-9-20-59(4)50(76)42(37)68/h6-9,17-20,43,51-52,65-69H,5,10-16,21-33H2,1-4H3,(H,53,70)(H,54,71)(H,55,72)(H,63,64). The van der Waals surface area contributed by atoms with Crippen LogP contribution in [-0.4, -0.2) is 212 Å². The maximum Gasteiger partial charge on any atom is 0.305 e. The second-order valence-corrected chi connectivity index (χ2v) is 18.1. The van der Waals surface area contributed by atoms with Gasteiger partial charge in [-0.15, -0.1) is 0 Å². The minimum absolute atomic E-state index is 0.0189. The number of aryl methyl sites for hydroxylation is 4. The summed E-state index contributed by atoms with van der Waals surface area (Å²) in [5.74, 6) is -5.73. The Bertz CT molecular complexity index is 2790. The number of aromatic nitrogens is 4. The number of aliphatic hydroxyl groups is 1. The van der Waals surface area contributed by atoms with E-state index in [4.69, 9.17) is 14.6 Å². The highest BCUT2D eigenvalue weighted by molar-refractivity contribution is 5.97. The summed E-state index contributed by atoms with van der Waals surface area (Å²) in [5.41, 5.74) is -3.57. The van der Waals surface area contributed by atoms with Gasteiger partial charge in [0.05, 0.1) is 42.9 Å². The van der Waals surface area contributed by atoms with E-state index in [2.05, 4.69) is 31.5 Å². The number of nitrogens with zero attached hydrogens (tertiary/aromatic N) is 7. The first-order chi connectivity index (χ1) is 37.2. The number of carbonyl (C=O) groups is 4. The first kappa shape index (κ1) is 63.1. The summed E-state index contributed by atoms with van der Waals surface area (Å²) in [4.78, 5) is 106. The van der Waals surface area contributed by atoms with Gasteiger partial charge in [0.25, 0.3) is 40.0 Å². The lowest BCUT2D eigenvalue weighted by Gasteiger charge is -2.31. The lowest BCUT2D eigenvalue weighted by molar-refractivity contribution is -0.138. The maximum absolute atomic E-state index is 13.1. The fourth-order valence-electron chi connectivity index (χ4n) is 7.70. The molecule has 0 aromatic carbocycles. The Balaban J connectivity index is 1.50. The van der Waals surface area contributed by atoms with Crippen LogP contribution in [-0.2, 0) is 42.5 Å². The molecule has 0 bridgehead atoms. The van der Waals surface area contributed by atoms with Crippen molar-refractivity contribution in [3.05, 3.63) is 113 Å². The second-order valence-electron chi connectivity index (χ2n) is 18.1. The molecule has 78 heavy (non-hydrogen) atoms. The van der Waals surface area contributed by atoms with Crippen LogP contribution >= 0.6 is 0 Å². The molecule has 11 N–H and O–H groups in total. The van der Waals surface area contributed by atoms with Gasteiger partial charge in [-0.1, -0.05) is 0 Å². The number of aliphatic carboxylic acids is 1. The van der Waals surface area contributed by atoms with Crippen LogP contribution in [0.3, 0.4) is 0 Å². The molecule has 4 aromatic heterocycles. The van der Waals surface area contributed by atoms with E-state index in [9.17, 15) is 63.9 Å². The zero-order valence-corrected chi connectivity index (χ0v) is 44.4. The van der Waals surface area contributed by atoms with E-state index in [1.807, 2.05) is 9.80 Å². The van der Waals surface area contributed by atoms with Crippen molar-refractivity contribution in [2.75, 3.05) is 125 Å². The highest BCUT2D eigenvalue weighted by atomic mass is 16.5. The van der Waals surface area contributed by atoms with Crippen molar-refractivity contribution in [2.45, 2.75) is 19.1 Å². The van der Waals surface area contributed by atoms with E-state index < -0.39 is 75.2 Å². The number of hydrogen-bond acceptors (Lipinski definition) is 20. The van der Waals surface area contributed by atoms with Gasteiger partial charge in [0.15, 0.2) is 23.0 Å². The van der Waals surface area contributed by atoms with Crippen LogP contribution in [0.1, 0.15) is 55.7 Å². The van der Waals surface area contributed by atoms with E-state index in [0.717, 1.165) is 13.7 Å². The second kappa shape index (κ2) is 32.3. The Labute approximate surface area is 449 Å². The third-order valence-electron chi connectivity index (χ3n) is 12.5. The molecule has 3 amide bonds. The number of aromatic hydroxyl groups is 4. The van der Waals surface area contributed by atoms with Gasteiger partial charge in [-0.2, -0.15) is 0 Å². The highest BCUT2D eigenvalue weighted by Crippen LogP contribution is 2.18. The first-order valence-electron chi connectivity index (χ1n) is 25.3. The predicted molar refractivity (Wildman–Crippen MR) is 284 cm³/mol. The lowest BCUT2D eigenvalue weighted by Crippen LogP contribution is -2.47. The van der Waals surface area contributed by atoms with Crippen LogP contribution in [0.15, 0.2) is 68.2 Å². The third kappa shape index (κ3) is 19.8. The molecule has 0 fully saturated rings. The number of carbonyl (C=O) groups excluding carboxylic acids is 3. The van der Waals surface area contributed by atoms with Crippen molar-refractivity contribution in [3.8, 4) is 23.0 Å². The molecule has 1 atom stereocenters.